The zero-order valence-electron chi connectivity index (χ0n) is 16.3. The van der Waals surface area contributed by atoms with E-state index in [0.717, 1.165) is 42.4 Å². The molecular formula is C22H25FN2O2S. The third kappa shape index (κ3) is 4.87. The maximum Gasteiger partial charge on any atom is 0.279 e. The second-order valence-corrected chi connectivity index (χ2v) is 7.66. The highest BCUT2D eigenvalue weighted by atomic mass is 32.1. The standard InChI is InChI=1S/C22H25FN2O2S/c1-3-5-6-13-27-18-9-7-8-16(14-18)21(26)24-22-25(12-4-2)19-11-10-17(23)15-20(19)28-22/h7-11,14-15H,3-6,12-13H2,1-2H3. The van der Waals surface area contributed by atoms with Gasteiger partial charge >= 0.3 is 0 Å². The summed E-state index contributed by atoms with van der Waals surface area (Å²) in [4.78, 5) is 17.7. The van der Waals surface area contributed by atoms with Gasteiger partial charge in [-0.2, -0.15) is 4.99 Å². The predicted molar refractivity (Wildman–Crippen MR) is 111 cm³/mol. The Labute approximate surface area is 168 Å². The van der Waals surface area contributed by atoms with Crippen LogP contribution in [0.1, 0.15) is 49.9 Å². The number of hydrogen-bond acceptors (Lipinski definition) is 3. The van der Waals surface area contributed by atoms with Gasteiger partial charge in [0.2, 0.25) is 0 Å². The number of nitrogens with zero attached hydrogens (tertiary/aromatic N) is 2. The van der Waals surface area contributed by atoms with E-state index in [1.165, 1.54) is 23.5 Å². The van der Waals surface area contributed by atoms with Crippen LogP contribution in [0.25, 0.3) is 10.2 Å². The number of carbonyl (C=O) groups is 1. The average molecular weight is 401 g/mol. The summed E-state index contributed by atoms with van der Waals surface area (Å²) in [6, 6.07) is 11.8. The minimum Gasteiger partial charge on any atom is -0.494 e. The van der Waals surface area contributed by atoms with Crippen LogP contribution in [-0.4, -0.2) is 17.1 Å². The summed E-state index contributed by atoms with van der Waals surface area (Å²) >= 11 is 1.33. The van der Waals surface area contributed by atoms with Crippen molar-refractivity contribution >= 4 is 27.5 Å². The molecule has 28 heavy (non-hydrogen) atoms. The third-order valence-electron chi connectivity index (χ3n) is 4.39. The molecule has 1 heterocycles. The normalized spacial score (nSPS) is 11.9. The van der Waals surface area contributed by atoms with Crippen molar-refractivity contribution in [3.05, 3.63) is 58.6 Å². The monoisotopic (exact) mass is 400 g/mol. The molecule has 1 amide bonds. The first-order valence-electron chi connectivity index (χ1n) is 9.73. The van der Waals surface area contributed by atoms with Crippen molar-refractivity contribution in [2.24, 2.45) is 4.99 Å². The molecule has 0 bridgehead atoms. The highest BCUT2D eigenvalue weighted by Crippen LogP contribution is 2.20. The van der Waals surface area contributed by atoms with Crippen molar-refractivity contribution in [2.45, 2.75) is 46.1 Å². The lowest BCUT2D eigenvalue weighted by Gasteiger charge is -2.06. The molecule has 0 N–H and O–H groups in total. The molecule has 0 aliphatic carbocycles. The van der Waals surface area contributed by atoms with Crippen molar-refractivity contribution < 1.29 is 13.9 Å². The van der Waals surface area contributed by atoms with Gasteiger partial charge in [0.1, 0.15) is 11.6 Å². The van der Waals surface area contributed by atoms with Gasteiger partial charge in [0.25, 0.3) is 5.91 Å². The van der Waals surface area contributed by atoms with Gasteiger partial charge in [-0.05, 0) is 49.2 Å². The quantitative estimate of drug-likeness (QED) is 0.465. The van der Waals surface area contributed by atoms with E-state index in [4.69, 9.17) is 4.74 Å². The summed E-state index contributed by atoms with van der Waals surface area (Å²) in [6.07, 6.45) is 4.15. The molecule has 0 atom stereocenters. The maximum atomic E-state index is 13.6. The number of benzene rings is 2. The number of thiazole rings is 1. The highest BCUT2D eigenvalue weighted by molar-refractivity contribution is 7.16. The van der Waals surface area contributed by atoms with Gasteiger partial charge < -0.3 is 9.30 Å². The van der Waals surface area contributed by atoms with Gasteiger partial charge in [0.15, 0.2) is 4.80 Å². The Bertz CT molecular complexity index is 1020. The van der Waals surface area contributed by atoms with Crippen LogP contribution in [0.2, 0.25) is 0 Å². The molecule has 0 radical (unpaired) electrons. The van der Waals surface area contributed by atoms with Crippen molar-refractivity contribution in [3.8, 4) is 5.75 Å². The second-order valence-electron chi connectivity index (χ2n) is 6.65. The van der Waals surface area contributed by atoms with Crippen LogP contribution in [0.15, 0.2) is 47.5 Å². The Morgan fingerprint density at radius 3 is 2.79 bits per heavy atom. The summed E-state index contributed by atoms with van der Waals surface area (Å²) < 4.78 is 22.1. The lowest BCUT2D eigenvalue weighted by molar-refractivity contribution is 0.0997. The number of hydrogen-bond donors (Lipinski definition) is 0. The first kappa shape index (κ1) is 20.3. The van der Waals surface area contributed by atoms with E-state index in [-0.39, 0.29) is 11.7 Å². The topological polar surface area (TPSA) is 43.6 Å². The number of aromatic nitrogens is 1. The summed E-state index contributed by atoms with van der Waals surface area (Å²) in [5, 5.41) is 0. The van der Waals surface area contributed by atoms with E-state index < -0.39 is 0 Å². The van der Waals surface area contributed by atoms with Crippen LogP contribution >= 0.6 is 11.3 Å². The van der Waals surface area contributed by atoms with Crippen LogP contribution in [0, 0.1) is 5.82 Å². The minimum absolute atomic E-state index is 0.289. The molecule has 6 heteroatoms. The van der Waals surface area contributed by atoms with E-state index in [1.807, 2.05) is 10.6 Å². The molecule has 3 aromatic rings. The summed E-state index contributed by atoms with van der Waals surface area (Å²) in [5.41, 5.74) is 1.38. The van der Waals surface area contributed by atoms with E-state index >= 15 is 0 Å². The summed E-state index contributed by atoms with van der Waals surface area (Å²) in [7, 11) is 0. The lowest BCUT2D eigenvalue weighted by atomic mass is 10.2. The number of aryl methyl sites for hydroxylation is 1. The molecule has 0 saturated carbocycles. The van der Waals surface area contributed by atoms with Crippen LogP contribution in [0.3, 0.4) is 0 Å². The van der Waals surface area contributed by atoms with Crippen molar-refractivity contribution in [1.29, 1.82) is 0 Å². The number of amides is 1. The van der Waals surface area contributed by atoms with Gasteiger partial charge in [-0.3, -0.25) is 4.79 Å². The van der Waals surface area contributed by atoms with E-state index in [9.17, 15) is 9.18 Å². The Morgan fingerprint density at radius 1 is 1.14 bits per heavy atom. The zero-order valence-corrected chi connectivity index (χ0v) is 17.1. The fourth-order valence-electron chi connectivity index (χ4n) is 2.98. The van der Waals surface area contributed by atoms with Gasteiger partial charge in [0.05, 0.1) is 16.8 Å². The van der Waals surface area contributed by atoms with Crippen LogP contribution in [-0.2, 0) is 6.54 Å². The third-order valence-corrected chi connectivity index (χ3v) is 5.43. The SMILES string of the molecule is CCCCCOc1cccc(C(=O)N=c2sc3cc(F)ccc3n2CCC)c1. The largest absolute Gasteiger partial charge is 0.494 e. The minimum atomic E-state index is -0.323. The molecular weight excluding hydrogens is 375 g/mol. The second kappa shape index (κ2) is 9.64. The lowest BCUT2D eigenvalue weighted by Crippen LogP contribution is -2.16. The first-order valence-corrected chi connectivity index (χ1v) is 10.5. The number of fused-ring (bicyclic) bond motifs is 1. The smallest absolute Gasteiger partial charge is 0.279 e. The van der Waals surface area contributed by atoms with Crippen molar-refractivity contribution in [3.63, 3.8) is 0 Å². The number of ether oxygens (including phenoxy) is 1. The first-order chi connectivity index (χ1) is 13.6. The van der Waals surface area contributed by atoms with E-state index in [0.29, 0.717) is 22.7 Å². The van der Waals surface area contributed by atoms with Gasteiger partial charge in [-0.25, -0.2) is 4.39 Å². The number of carbonyl (C=O) groups excluding carboxylic acids is 1. The molecule has 4 nitrogen and oxygen atoms in total. The number of rotatable bonds is 8. The molecule has 0 saturated heterocycles. The van der Waals surface area contributed by atoms with Crippen molar-refractivity contribution in [1.82, 2.24) is 4.57 Å². The Kier molecular flexibility index (Phi) is 6.98. The van der Waals surface area contributed by atoms with E-state index in [2.05, 4.69) is 18.8 Å². The summed E-state index contributed by atoms with van der Waals surface area (Å²) in [6.45, 7) is 5.57. The maximum absolute atomic E-state index is 13.6. The molecule has 1 aromatic heterocycles. The van der Waals surface area contributed by atoms with Gasteiger partial charge in [0, 0.05) is 12.1 Å². The molecule has 148 valence electrons. The Morgan fingerprint density at radius 2 is 2.00 bits per heavy atom. The molecule has 0 aliphatic rings. The summed E-state index contributed by atoms with van der Waals surface area (Å²) in [5.74, 6) is 0.0658. The number of halogens is 1. The molecule has 0 fully saturated rings. The van der Waals surface area contributed by atoms with Gasteiger partial charge in [-0.15, -0.1) is 0 Å². The molecule has 3 rings (SSSR count). The molecule has 0 spiro atoms. The van der Waals surface area contributed by atoms with Crippen LogP contribution in [0.5, 0.6) is 5.75 Å². The average Bonchev–Trinajstić information content (AvgIpc) is 3.02. The van der Waals surface area contributed by atoms with Gasteiger partial charge in [-0.1, -0.05) is 44.1 Å². The van der Waals surface area contributed by atoms with Crippen molar-refractivity contribution in [2.75, 3.05) is 6.61 Å². The molecule has 0 aliphatic heterocycles. The predicted octanol–water partition coefficient (Wildman–Crippen LogP) is 5.56. The molecule has 0 unspecified atom stereocenters. The Balaban J connectivity index is 1.89. The van der Waals surface area contributed by atoms with Crippen LogP contribution in [0.4, 0.5) is 4.39 Å². The molecule has 2 aromatic carbocycles. The fourth-order valence-corrected chi connectivity index (χ4v) is 4.06. The Hall–Kier alpha value is -2.47. The fraction of sp³-hybridized carbons (Fsp3) is 0.364. The zero-order chi connectivity index (χ0) is 19.9. The number of unbranched alkanes of at least 4 members (excludes halogenated alkanes) is 2. The van der Waals surface area contributed by atoms with Crippen LogP contribution < -0.4 is 9.54 Å². The highest BCUT2D eigenvalue weighted by Gasteiger charge is 2.10. The van der Waals surface area contributed by atoms with E-state index in [1.54, 1.807) is 24.3 Å².